The van der Waals surface area contributed by atoms with Crippen molar-refractivity contribution in [3.05, 3.63) is 29.0 Å². The Hall–Kier alpha value is -0.640. The SMILES string of the molecule is CN(Cc1ccc(Cl)nc1)C(C)(C)CO. The van der Waals surface area contributed by atoms with Crippen LogP contribution in [0.25, 0.3) is 0 Å². The molecule has 0 spiro atoms. The number of aliphatic hydroxyl groups is 1. The smallest absolute Gasteiger partial charge is 0.129 e. The number of aromatic nitrogens is 1. The third kappa shape index (κ3) is 3.45. The number of likely N-dealkylation sites (N-methyl/N-ethyl adjacent to an activating group) is 1. The summed E-state index contributed by atoms with van der Waals surface area (Å²) in [5.41, 5.74) is 0.864. The average Bonchev–Trinajstić information content (AvgIpc) is 2.21. The lowest BCUT2D eigenvalue weighted by atomic mass is 10.0. The lowest BCUT2D eigenvalue weighted by Gasteiger charge is -2.33. The average molecular weight is 229 g/mol. The van der Waals surface area contributed by atoms with E-state index in [4.69, 9.17) is 11.6 Å². The van der Waals surface area contributed by atoms with E-state index in [1.807, 2.05) is 27.0 Å². The summed E-state index contributed by atoms with van der Waals surface area (Å²) in [5, 5.41) is 9.71. The van der Waals surface area contributed by atoms with Crippen molar-refractivity contribution in [2.24, 2.45) is 0 Å². The Labute approximate surface area is 95.7 Å². The molecular weight excluding hydrogens is 212 g/mol. The largest absolute Gasteiger partial charge is 0.394 e. The quantitative estimate of drug-likeness (QED) is 0.801. The molecule has 0 aliphatic rings. The molecule has 3 nitrogen and oxygen atoms in total. The molecule has 15 heavy (non-hydrogen) atoms. The molecule has 0 fully saturated rings. The standard InChI is InChI=1S/C11H17ClN2O/c1-11(2,8-15)14(3)7-9-4-5-10(12)13-6-9/h4-6,15H,7-8H2,1-3H3. The highest BCUT2D eigenvalue weighted by molar-refractivity contribution is 6.29. The molecule has 0 atom stereocenters. The number of halogens is 1. The summed E-state index contributed by atoms with van der Waals surface area (Å²) in [6, 6.07) is 3.72. The Balaban J connectivity index is 2.66. The summed E-state index contributed by atoms with van der Waals surface area (Å²) in [5.74, 6) is 0. The summed E-state index contributed by atoms with van der Waals surface area (Å²) in [7, 11) is 1.98. The number of pyridine rings is 1. The second kappa shape index (κ2) is 4.92. The van der Waals surface area contributed by atoms with E-state index in [2.05, 4.69) is 9.88 Å². The topological polar surface area (TPSA) is 36.4 Å². The van der Waals surface area contributed by atoms with Crippen LogP contribution in [0.4, 0.5) is 0 Å². The van der Waals surface area contributed by atoms with Crippen molar-refractivity contribution in [3.8, 4) is 0 Å². The van der Waals surface area contributed by atoms with Crippen LogP contribution in [0.15, 0.2) is 18.3 Å². The van der Waals surface area contributed by atoms with Crippen molar-refractivity contribution >= 4 is 11.6 Å². The lowest BCUT2D eigenvalue weighted by molar-refractivity contribution is 0.0733. The van der Waals surface area contributed by atoms with Crippen LogP contribution in [0.3, 0.4) is 0 Å². The van der Waals surface area contributed by atoms with E-state index in [0.717, 1.165) is 12.1 Å². The molecule has 1 heterocycles. The molecular formula is C11H17ClN2O. The van der Waals surface area contributed by atoms with Crippen LogP contribution in [-0.2, 0) is 6.54 Å². The van der Waals surface area contributed by atoms with Crippen molar-refractivity contribution in [1.82, 2.24) is 9.88 Å². The fourth-order valence-corrected chi connectivity index (χ4v) is 1.22. The predicted octanol–water partition coefficient (Wildman–Crippen LogP) is 1.94. The molecule has 0 unspecified atom stereocenters. The summed E-state index contributed by atoms with van der Waals surface area (Å²) < 4.78 is 0. The van der Waals surface area contributed by atoms with Gasteiger partial charge in [-0.3, -0.25) is 4.90 Å². The van der Waals surface area contributed by atoms with Gasteiger partial charge in [0.05, 0.1) is 6.61 Å². The molecule has 1 rings (SSSR count). The van der Waals surface area contributed by atoms with E-state index in [1.165, 1.54) is 0 Å². The minimum atomic E-state index is -0.223. The zero-order valence-electron chi connectivity index (χ0n) is 9.37. The van der Waals surface area contributed by atoms with Crippen LogP contribution in [0.5, 0.6) is 0 Å². The van der Waals surface area contributed by atoms with Gasteiger partial charge >= 0.3 is 0 Å². The summed E-state index contributed by atoms with van der Waals surface area (Å²) >= 11 is 5.70. The molecule has 0 radical (unpaired) electrons. The maximum atomic E-state index is 9.21. The van der Waals surface area contributed by atoms with Crippen LogP contribution in [0.2, 0.25) is 5.15 Å². The highest BCUT2D eigenvalue weighted by atomic mass is 35.5. The molecule has 0 bridgehead atoms. The molecule has 0 saturated carbocycles. The number of hydrogen-bond donors (Lipinski definition) is 1. The fraction of sp³-hybridized carbons (Fsp3) is 0.545. The Morgan fingerprint density at radius 3 is 2.60 bits per heavy atom. The van der Waals surface area contributed by atoms with Crippen molar-refractivity contribution < 1.29 is 5.11 Å². The van der Waals surface area contributed by atoms with E-state index in [1.54, 1.807) is 12.3 Å². The van der Waals surface area contributed by atoms with Gasteiger partial charge in [-0.1, -0.05) is 17.7 Å². The fourth-order valence-electron chi connectivity index (χ4n) is 1.11. The second-order valence-corrected chi connectivity index (χ2v) is 4.70. The van der Waals surface area contributed by atoms with Gasteiger partial charge in [-0.2, -0.15) is 0 Å². The highest BCUT2D eigenvalue weighted by Crippen LogP contribution is 2.15. The van der Waals surface area contributed by atoms with Gasteiger partial charge in [0.1, 0.15) is 5.15 Å². The third-order valence-electron chi connectivity index (χ3n) is 2.63. The molecule has 1 N–H and O–H groups in total. The predicted molar refractivity (Wildman–Crippen MR) is 61.9 cm³/mol. The molecule has 1 aromatic rings. The van der Waals surface area contributed by atoms with E-state index in [9.17, 15) is 5.11 Å². The summed E-state index contributed by atoms with van der Waals surface area (Å²) in [6.45, 7) is 4.87. The number of nitrogens with zero attached hydrogens (tertiary/aromatic N) is 2. The lowest BCUT2D eigenvalue weighted by Crippen LogP contribution is -2.43. The minimum absolute atomic E-state index is 0.129. The number of aliphatic hydroxyl groups excluding tert-OH is 1. The first-order valence-electron chi connectivity index (χ1n) is 4.88. The van der Waals surface area contributed by atoms with Gasteiger partial charge in [0.2, 0.25) is 0 Å². The molecule has 0 amide bonds. The third-order valence-corrected chi connectivity index (χ3v) is 2.85. The second-order valence-electron chi connectivity index (χ2n) is 4.32. The van der Waals surface area contributed by atoms with E-state index < -0.39 is 0 Å². The first-order valence-corrected chi connectivity index (χ1v) is 5.26. The molecule has 84 valence electrons. The monoisotopic (exact) mass is 228 g/mol. The van der Waals surface area contributed by atoms with Crippen LogP contribution in [0, 0.1) is 0 Å². The molecule has 0 aliphatic carbocycles. The highest BCUT2D eigenvalue weighted by Gasteiger charge is 2.22. The van der Waals surface area contributed by atoms with Crippen molar-refractivity contribution in [1.29, 1.82) is 0 Å². The van der Waals surface area contributed by atoms with Crippen molar-refractivity contribution in [2.75, 3.05) is 13.7 Å². The summed E-state index contributed by atoms with van der Waals surface area (Å²) in [4.78, 5) is 6.10. The van der Waals surface area contributed by atoms with Crippen LogP contribution >= 0.6 is 11.6 Å². The molecule has 1 aromatic heterocycles. The zero-order chi connectivity index (χ0) is 11.5. The Morgan fingerprint density at radius 1 is 1.47 bits per heavy atom. The van der Waals surface area contributed by atoms with Crippen LogP contribution in [-0.4, -0.2) is 34.2 Å². The van der Waals surface area contributed by atoms with E-state index in [-0.39, 0.29) is 12.1 Å². The maximum absolute atomic E-state index is 9.21. The molecule has 4 heteroatoms. The maximum Gasteiger partial charge on any atom is 0.129 e. The van der Waals surface area contributed by atoms with Crippen molar-refractivity contribution in [2.45, 2.75) is 25.9 Å². The van der Waals surface area contributed by atoms with Gasteiger partial charge in [0.25, 0.3) is 0 Å². The van der Waals surface area contributed by atoms with Gasteiger partial charge in [-0.25, -0.2) is 4.98 Å². The first-order chi connectivity index (χ1) is 6.95. The van der Waals surface area contributed by atoms with Crippen LogP contribution < -0.4 is 0 Å². The van der Waals surface area contributed by atoms with Gasteiger partial charge in [-0.15, -0.1) is 0 Å². The molecule has 0 aromatic carbocycles. The van der Waals surface area contributed by atoms with Crippen molar-refractivity contribution in [3.63, 3.8) is 0 Å². The zero-order valence-corrected chi connectivity index (χ0v) is 10.1. The summed E-state index contributed by atoms with van der Waals surface area (Å²) in [6.07, 6.45) is 1.76. The number of rotatable bonds is 4. The van der Waals surface area contributed by atoms with Gasteiger partial charge < -0.3 is 5.11 Å². The van der Waals surface area contributed by atoms with Crippen LogP contribution in [0.1, 0.15) is 19.4 Å². The Morgan fingerprint density at radius 2 is 2.13 bits per heavy atom. The van der Waals surface area contributed by atoms with E-state index in [0.29, 0.717) is 5.15 Å². The van der Waals surface area contributed by atoms with Gasteiger partial charge in [0.15, 0.2) is 0 Å². The van der Waals surface area contributed by atoms with Gasteiger partial charge in [-0.05, 0) is 32.5 Å². The first kappa shape index (κ1) is 12.4. The Bertz CT molecular complexity index is 311. The Kier molecular flexibility index (Phi) is 4.08. The van der Waals surface area contributed by atoms with E-state index >= 15 is 0 Å². The molecule has 0 saturated heterocycles. The number of hydrogen-bond acceptors (Lipinski definition) is 3. The molecule has 0 aliphatic heterocycles. The minimum Gasteiger partial charge on any atom is -0.394 e. The van der Waals surface area contributed by atoms with Gasteiger partial charge in [0, 0.05) is 18.3 Å². The normalized spacial score (nSPS) is 12.1.